The van der Waals surface area contributed by atoms with Crippen molar-refractivity contribution in [2.75, 3.05) is 0 Å². The third kappa shape index (κ3) is 8.66. The van der Waals surface area contributed by atoms with Gasteiger partial charge in [0.2, 0.25) is 0 Å². The van der Waals surface area contributed by atoms with Crippen LogP contribution in [0.3, 0.4) is 0 Å². The predicted molar refractivity (Wildman–Crippen MR) is 92.8 cm³/mol. The summed E-state index contributed by atoms with van der Waals surface area (Å²) in [4.78, 5) is 11.5. The van der Waals surface area contributed by atoms with Gasteiger partial charge in [0, 0.05) is 12.5 Å². The van der Waals surface area contributed by atoms with Crippen LogP contribution in [0.15, 0.2) is 43.0 Å². The van der Waals surface area contributed by atoms with Crippen LogP contribution in [-0.4, -0.2) is 12.1 Å². The Labute approximate surface area is 135 Å². The lowest BCUT2D eigenvalue weighted by Crippen LogP contribution is -2.19. The van der Waals surface area contributed by atoms with Gasteiger partial charge >= 0.3 is 5.97 Å². The molecule has 0 N–H and O–H groups in total. The van der Waals surface area contributed by atoms with E-state index in [2.05, 4.69) is 25.6 Å². The van der Waals surface area contributed by atoms with Gasteiger partial charge in [-0.1, -0.05) is 82.4 Å². The molecule has 0 saturated carbocycles. The quantitative estimate of drug-likeness (QED) is 0.291. The average Bonchev–Trinajstić information content (AvgIpc) is 2.54. The number of benzene rings is 1. The minimum atomic E-state index is -0.316. The van der Waals surface area contributed by atoms with Gasteiger partial charge in [-0.3, -0.25) is 0 Å². The fraction of sp³-hybridized carbons (Fsp3) is 0.550. The maximum Gasteiger partial charge on any atom is 0.330 e. The van der Waals surface area contributed by atoms with Crippen molar-refractivity contribution < 1.29 is 9.53 Å². The van der Waals surface area contributed by atoms with Gasteiger partial charge in [0.05, 0.1) is 0 Å². The topological polar surface area (TPSA) is 26.3 Å². The van der Waals surface area contributed by atoms with E-state index in [0.717, 1.165) is 19.3 Å². The average molecular weight is 302 g/mol. The van der Waals surface area contributed by atoms with Crippen molar-refractivity contribution in [3.63, 3.8) is 0 Å². The van der Waals surface area contributed by atoms with Crippen molar-refractivity contribution in [2.45, 2.75) is 70.8 Å². The first-order chi connectivity index (χ1) is 10.8. The smallest absolute Gasteiger partial charge is 0.330 e. The van der Waals surface area contributed by atoms with Crippen molar-refractivity contribution in [3.8, 4) is 0 Å². The fourth-order valence-electron chi connectivity index (χ4n) is 2.62. The third-order valence-electron chi connectivity index (χ3n) is 3.89. The number of hydrogen-bond acceptors (Lipinski definition) is 2. The number of hydrogen-bond donors (Lipinski definition) is 0. The summed E-state index contributed by atoms with van der Waals surface area (Å²) in [6.07, 6.45) is 11.9. The molecule has 0 spiro atoms. The molecule has 2 nitrogen and oxygen atoms in total. The summed E-state index contributed by atoms with van der Waals surface area (Å²) in [6.45, 7) is 5.72. The van der Waals surface area contributed by atoms with Crippen molar-refractivity contribution >= 4 is 5.97 Å². The molecule has 0 heterocycles. The molecule has 0 aromatic heterocycles. The zero-order valence-electron chi connectivity index (χ0n) is 13.9. The van der Waals surface area contributed by atoms with E-state index in [0.29, 0.717) is 0 Å². The van der Waals surface area contributed by atoms with E-state index in [1.165, 1.54) is 50.2 Å². The molecule has 0 aliphatic rings. The molecular weight excluding hydrogens is 272 g/mol. The molecule has 1 rings (SSSR count). The Morgan fingerprint density at radius 2 is 1.73 bits per heavy atom. The van der Waals surface area contributed by atoms with E-state index in [9.17, 15) is 4.79 Å². The SMILES string of the molecule is C=CC(=O)OC(CCCCCCCCC)Cc1ccccc1. The van der Waals surface area contributed by atoms with Gasteiger partial charge in [-0.15, -0.1) is 0 Å². The second-order valence-electron chi connectivity index (χ2n) is 5.86. The Kier molecular flexibility index (Phi) is 10.1. The van der Waals surface area contributed by atoms with Crippen molar-refractivity contribution in [2.24, 2.45) is 0 Å². The molecule has 2 heteroatoms. The molecule has 1 unspecified atom stereocenters. The normalized spacial score (nSPS) is 11.9. The number of unbranched alkanes of at least 4 members (excludes halogenated alkanes) is 6. The Bertz CT molecular complexity index is 411. The van der Waals surface area contributed by atoms with Crippen LogP contribution in [0.1, 0.15) is 63.9 Å². The lowest BCUT2D eigenvalue weighted by Gasteiger charge is -2.17. The van der Waals surface area contributed by atoms with Gasteiger partial charge in [0.1, 0.15) is 6.10 Å². The van der Waals surface area contributed by atoms with E-state index >= 15 is 0 Å². The Hall–Kier alpha value is -1.57. The molecule has 0 radical (unpaired) electrons. The highest BCUT2D eigenvalue weighted by Crippen LogP contribution is 2.15. The maximum atomic E-state index is 11.5. The maximum absolute atomic E-state index is 11.5. The van der Waals surface area contributed by atoms with Gasteiger partial charge in [-0.05, 0) is 18.4 Å². The van der Waals surface area contributed by atoms with Gasteiger partial charge in [0.15, 0.2) is 0 Å². The molecule has 0 amide bonds. The first-order valence-electron chi connectivity index (χ1n) is 8.63. The summed E-state index contributed by atoms with van der Waals surface area (Å²) in [6, 6.07) is 10.2. The summed E-state index contributed by atoms with van der Waals surface area (Å²) in [5, 5.41) is 0. The molecule has 0 saturated heterocycles. The number of carbonyl (C=O) groups excluding carboxylic acids is 1. The van der Waals surface area contributed by atoms with Crippen LogP contribution < -0.4 is 0 Å². The van der Waals surface area contributed by atoms with Crippen molar-refractivity contribution in [1.82, 2.24) is 0 Å². The highest BCUT2D eigenvalue weighted by molar-refractivity contribution is 5.81. The molecule has 0 bridgehead atoms. The van der Waals surface area contributed by atoms with E-state index < -0.39 is 0 Å². The summed E-state index contributed by atoms with van der Waals surface area (Å²) in [7, 11) is 0. The number of ether oxygens (including phenoxy) is 1. The van der Waals surface area contributed by atoms with Crippen LogP contribution in [0.2, 0.25) is 0 Å². The van der Waals surface area contributed by atoms with Crippen LogP contribution in [0.4, 0.5) is 0 Å². The molecular formula is C20H30O2. The van der Waals surface area contributed by atoms with Gasteiger partial charge in [-0.2, -0.15) is 0 Å². The molecule has 1 atom stereocenters. The standard InChI is InChI=1S/C20H30O2/c1-3-5-6-7-8-9-13-16-19(22-20(21)4-2)17-18-14-11-10-12-15-18/h4,10-12,14-15,19H,2-3,5-9,13,16-17H2,1H3. The Balaban J connectivity index is 2.32. The van der Waals surface area contributed by atoms with E-state index in [1.807, 2.05) is 18.2 Å². The molecule has 22 heavy (non-hydrogen) atoms. The van der Waals surface area contributed by atoms with E-state index in [1.54, 1.807) is 0 Å². The van der Waals surface area contributed by atoms with Gasteiger partial charge in [0.25, 0.3) is 0 Å². The molecule has 122 valence electrons. The Morgan fingerprint density at radius 1 is 1.09 bits per heavy atom. The summed E-state index contributed by atoms with van der Waals surface area (Å²) < 4.78 is 5.49. The van der Waals surface area contributed by atoms with Crippen LogP contribution in [0.5, 0.6) is 0 Å². The van der Waals surface area contributed by atoms with Crippen LogP contribution in [0, 0.1) is 0 Å². The fourth-order valence-corrected chi connectivity index (χ4v) is 2.62. The van der Waals surface area contributed by atoms with E-state index in [-0.39, 0.29) is 12.1 Å². The largest absolute Gasteiger partial charge is 0.459 e. The minimum absolute atomic E-state index is 0.0384. The molecule has 0 aliphatic heterocycles. The van der Waals surface area contributed by atoms with Crippen LogP contribution >= 0.6 is 0 Å². The van der Waals surface area contributed by atoms with Gasteiger partial charge < -0.3 is 4.74 Å². The second-order valence-corrected chi connectivity index (χ2v) is 5.86. The first-order valence-corrected chi connectivity index (χ1v) is 8.63. The Morgan fingerprint density at radius 3 is 2.36 bits per heavy atom. The van der Waals surface area contributed by atoms with Crippen LogP contribution in [0.25, 0.3) is 0 Å². The number of esters is 1. The lowest BCUT2D eigenvalue weighted by molar-refractivity contribution is -0.143. The lowest BCUT2D eigenvalue weighted by atomic mass is 10.0. The van der Waals surface area contributed by atoms with Crippen LogP contribution in [-0.2, 0) is 16.0 Å². The highest BCUT2D eigenvalue weighted by Gasteiger charge is 2.13. The third-order valence-corrected chi connectivity index (χ3v) is 3.89. The summed E-state index contributed by atoms with van der Waals surface area (Å²) in [5.74, 6) is -0.316. The zero-order valence-corrected chi connectivity index (χ0v) is 13.9. The molecule has 1 aromatic carbocycles. The minimum Gasteiger partial charge on any atom is -0.459 e. The number of carbonyl (C=O) groups is 1. The zero-order chi connectivity index (χ0) is 16.0. The molecule has 1 aromatic rings. The monoisotopic (exact) mass is 302 g/mol. The summed E-state index contributed by atoms with van der Waals surface area (Å²) in [5.41, 5.74) is 1.22. The predicted octanol–water partition coefficient (Wildman–Crippen LogP) is 5.47. The molecule has 0 fully saturated rings. The van der Waals surface area contributed by atoms with Crippen molar-refractivity contribution in [1.29, 1.82) is 0 Å². The number of rotatable bonds is 12. The van der Waals surface area contributed by atoms with Crippen molar-refractivity contribution in [3.05, 3.63) is 48.6 Å². The summed E-state index contributed by atoms with van der Waals surface area (Å²) >= 11 is 0. The first kappa shape index (κ1) is 18.5. The molecule has 0 aliphatic carbocycles. The van der Waals surface area contributed by atoms with E-state index in [4.69, 9.17) is 4.74 Å². The highest BCUT2D eigenvalue weighted by atomic mass is 16.5. The van der Waals surface area contributed by atoms with Gasteiger partial charge in [-0.25, -0.2) is 4.79 Å². The second kappa shape index (κ2) is 12.0.